The van der Waals surface area contributed by atoms with Gasteiger partial charge in [0.2, 0.25) is 10.0 Å². The Morgan fingerprint density at radius 1 is 1.19 bits per heavy atom. The van der Waals surface area contributed by atoms with Gasteiger partial charge in [0.1, 0.15) is 9.88 Å². The molecule has 6 nitrogen and oxygen atoms in total. The number of amides is 1. The van der Waals surface area contributed by atoms with Crippen LogP contribution in [0.15, 0.2) is 53.6 Å². The molecule has 2 aromatic carbocycles. The molecule has 1 aromatic heterocycles. The SMILES string of the molecule is CCN(CC)S(=O)(=O)c1ccc2c(c1)CCN2C(=O)c1cnc(-c2ccccc2Cl)s1. The van der Waals surface area contributed by atoms with Gasteiger partial charge in [-0.3, -0.25) is 4.79 Å². The molecule has 1 amide bonds. The quantitative estimate of drug-likeness (QED) is 0.518. The normalized spacial score (nSPS) is 13.6. The van der Waals surface area contributed by atoms with Crippen LogP contribution in [0.5, 0.6) is 0 Å². The Labute approximate surface area is 191 Å². The van der Waals surface area contributed by atoms with E-state index in [0.29, 0.717) is 41.0 Å². The Morgan fingerprint density at radius 3 is 2.65 bits per heavy atom. The molecule has 3 aromatic rings. The molecule has 162 valence electrons. The lowest BCUT2D eigenvalue weighted by atomic mass is 10.2. The van der Waals surface area contributed by atoms with Crippen LogP contribution < -0.4 is 4.90 Å². The van der Waals surface area contributed by atoms with Gasteiger partial charge in [-0.15, -0.1) is 11.3 Å². The minimum Gasteiger partial charge on any atom is -0.307 e. The lowest BCUT2D eigenvalue weighted by Gasteiger charge is -2.20. The molecule has 2 heterocycles. The highest BCUT2D eigenvalue weighted by Gasteiger charge is 2.30. The maximum Gasteiger partial charge on any atom is 0.270 e. The monoisotopic (exact) mass is 475 g/mol. The molecule has 0 fully saturated rings. The van der Waals surface area contributed by atoms with Crippen molar-refractivity contribution in [2.75, 3.05) is 24.5 Å². The minimum absolute atomic E-state index is 0.145. The molecule has 0 aliphatic carbocycles. The summed E-state index contributed by atoms with van der Waals surface area (Å²) in [6.45, 7) is 4.98. The summed E-state index contributed by atoms with van der Waals surface area (Å²) in [5.74, 6) is -0.145. The van der Waals surface area contributed by atoms with E-state index >= 15 is 0 Å². The topological polar surface area (TPSA) is 70.6 Å². The Kier molecular flexibility index (Phi) is 6.16. The number of anilines is 1. The molecule has 31 heavy (non-hydrogen) atoms. The molecule has 0 bridgehead atoms. The number of sulfonamides is 1. The molecule has 0 atom stereocenters. The van der Waals surface area contributed by atoms with Gasteiger partial charge in [0, 0.05) is 30.9 Å². The maximum atomic E-state index is 13.2. The second-order valence-corrected chi connectivity index (χ2v) is 10.5. The van der Waals surface area contributed by atoms with Crippen LogP contribution >= 0.6 is 22.9 Å². The third-order valence-corrected chi connectivity index (χ3v) is 8.75. The lowest BCUT2D eigenvalue weighted by Crippen LogP contribution is -2.30. The van der Waals surface area contributed by atoms with E-state index in [1.54, 1.807) is 35.4 Å². The molecule has 9 heteroatoms. The number of thiazole rings is 1. The van der Waals surface area contributed by atoms with E-state index < -0.39 is 10.0 Å². The largest absolute Gasteiger partial charge is 0.307 e. The van der Waals surface area contributed by atoms with Crippen molar-refractivity contribution in [1.82, 2.24) is 9.29 Å². The molecule has 0 saturated heterocycles. The molecule has 1 aliphatic heterocycles. The first-order chi connectivity index (χ1) is 14.9. The number of fused-ring (bicyclic) bond motifs is 1. The van der Waals surface area contributed by atoms with Gasteiger partial charge in [0.05, 0.1) is 16.1 Å². The summed E-state index contributed by atoms with van der Waals surface area (Å²) < 4.78 is 27.1. The number of aromatic nitrogens is 1. The number of carbonyl (C=O) groups is 1. The van der Waals surface area contributed by atoms with E-state index in [0.717, 1.165) is 16.8 Å². The van der Waals surface area contributed by atoms with Crippen LogP contribution in [-0.4, -0.2) is 43.2 Å². The predicted octanol–water partition coefficient (Wildman–Crippen LogP) is 4.70. The van der Waals surface area contributed by atoms with Crippen LogP contribution in [0.1, 0.15) is 29.1 Å². The summed E-state index contributed by atoms with van der Waals surface area (Å²) in [7, 11) is -3.53. The maximum absolute atomic E-state index is 13.2. The summed E-state index contributed by atoms with van der Waals surface area (Å²) in [5, 5.41) is 1.28. The molecule has 0 N–H and O–H groups in total. The summed E-state index contributed by atoms with van der Waals surface area (Å²) in [5.41, 5.74) is 2.40. The number of hydrogen-bond donors (Lipinski definition) is 0. The van der Waals surface area contributed by atoms with E-state index in [1.165, 1.54) is 15.6 Å². The third kappa shape index (κ3) is 4.01. The zero-order valence-electron chi connectivity index (χ0n) is 17.2. The van der Waals surface area contributed by atoms with Crippen LogP contribution in [-0.2, 0) is 16.4 Å². The molecule has 0 saturated carbocycles. The first kappa shape index (κ1) is 22.0. The Balaban J connectivity index is 1.61. The van der Waals surface area contributed by atoms with Gasteiger partial charge in [-0.25, -0.2) is 13.4 Å². The Bertz CT molecular complexity index is 1240. The molecule has 0 spiro atoms. The first-order valence-corrected chi connectivity index (χ1v) is 12.7. The van der Waals surface area contributed by atoms with Gasteiger partial charge in [0.25, 0.3) is 5.91 Å². The molecular weight excluding hydrogens is 454 g/mol. The van der Waals surface area contributed by atoms with Crippen molar-refractivity contribution in [2.24, 2.45) is 0 Å². The molecule has 1 aliphatic rings. The Hall–Kier alpha value is -2.26. The van der Waals surface area contributed by atoms with E-state index in [-0.39, 0.29) is 10.8 Å². The molecule has 0 radical (unpaired) electrons. The Morgan fingerprint density at radius 2 is 1.94 bits per heavy atom. The van der Waals surface area contributed by atoms with E-state index in [4.69, 9.17) is 11.6 Å². The van der Waals surface area contributed by atoms with Gasteiger partial charge in [-0.2, -0.15) is 4.31 Å². The summed E-state index contributed by atoms with van der Waals surface area (Å²) in [6.07, 6.45) is 2.18. The minimum atomic E-state index is -3.53. The zero-order chi connectivity index (χ0) is 22.2. The van der Waals surface area contributed by atoms with Gasteiger partial charge in [-0.05, 0) is 36.2 Å². The fraction of sp³-hybridized carbons (Fsp3) is 0.273. The first-order valence-electron chi connectivity index (χ1n) is 10.0. The van der Waals surface area contributed by atoms with Crippen molar-refractivity contribution >= 4 is 44.6 Å². The molecule has 4 rings (SSSR count). The van der Waals surface area contributed by atoms with Crippen molar-refractivity contribution in [3.05, 3.63) is 64.1 Å². The summed E-state index contributed by atoms with van der Waals surface area (Å²) >= 11 is 7.55. The molecule has 0 unspecified atom stereocenters. The number of halogens is 1. The fourth-order valence-corrected chi connectivity index (χ4v) is 6.42. The van der Waals surface area contributed by atoms with Crippen LogP contribution in [0.3, 0.4) is 0 Å². The van der Waals surface area contributed by atoms with Crippen molar-refractivity contribution in [1.29, 1.82) is 0 Å². The zero-order valence-corrected chi connectivity index (χ0v) is 19.6. The smallest absolute Gasteiger partial charge is 0.270 e. The number of rotatable bonds is 6. The highest BCUT2D eigenvalue weighted by molar-refractivity contribution is 7.89. The van der Waals surface area contributed by atoms with Crippen molar-refractivity contribution in [2.45, 2.75) is 25.2 Å². The average molecular weight is 476 g/mol. The van der Waals surface area contributed by atoms with Gasteiger partial charge < -0.3 is 4.90 Å². The average Bonchev–Trinajstić information content (AvgIpc) is 3.41. The van der Waals surface area contributed by atoms with E-state index in [2.05, 4.69) is 4.98 Å². The number of benzene rings is 2. The fourth-order valence-electron chi connectivity index (χ4n) is 3.73. The van der Waals surface area contributed by atoms with Gasteiger partial charge in [-0.1, -0.05) is 43.6 Å². The van der Waals surface area contributed by atoms with Gasteiger partial charge in [0.15, 0.2) is 0 Å². The van der Waals surface area contributed by atoms with Crippen LogP contribution in [0.25, 0.3) is 10.6 Å². The number of nitrogens with zero attached hydrogens (tertiary/aromatic N) is 3. The van der Waals surface area contributed by atoms with Crippen LogP contribution in [0.4, 0.5) is 5.69 Å². The predicted molar refractivity (Wildman–Crippen MR) is 124 cm³/mol. The van der Waals surface area contributed by atoms with Crippen molar-refractivity contribution in [3.63, 3.8) is 0 Å². The number of hydrogen-bond acceptors (Lipinski definition) is 5. The standard InChI is InChI=1S/C22H22ClN3O3S2/c1-3-25(4-2)31(28,29)16-9-10-19-15(13-16)11-12-26(19)22(27)20-14-24-21(30-20)17-7-5-6-8-18(17)23/h5-10,13-14H,3-4,11-12H2,1-2H3. The molecular formula is C22H22ClN3O3S2. The van der Waals surface area contributed by atoms with E-state index in [1.807, 2.05) is 32.0 Å². The third-order valence-electron chi connectivity index (χ3n) is 5.36. The van der Waals surface area contributed by atoms with Crippen LogP contribution in [0.2, 0.25) is 5.02 Å². The van der Waals surface area contributed by atoms with Gasteiger partial charge >= 0.3 is 0 Å². The highest BCUT2D eigenvalue weighted by Crippen LogP contribution is 2.35. The summed E-state index contributed by atoms with van der Waals surface area (Å²) in [4.78, 5) is 20.0. The van der Waals surface area contributed by atoms with Crippen molar-refractivity contribution < 1.29 is 13.2 Å². The second kappa shape index (κ2) is 8.70. The lowest BCUT2D eigenvalue weighted by molar-refractivity contribution is 0.0993. The second-order valence-electron chi connectivity index (χ2n) is 7.10. The summed E-state index contributed by atoms with van der Waals surface area (Å²) in [6, 6.07) is 12.4. The van der Waals surface area contributed by atoms with E-state index in [9.17, 15) is 13.2 Å². The number of carbonyl (C=O) groups excluding carboxylic acids is 1. The van der Waals surface area contributed by atoms with Crippen LogP contribution in [0, 0.1) is 0 Å². The van der Waals surface area contributed by atoms with Crippen molar-refractivity contribution in [3.8, 4) is 10.6 Å². The highest BCUT2D eigenvalue weighted by atomic mass is 35.5.